The number of nitrogens with one attached hydrogen (secondary N) is 2. The van der Waals surface area contributed by atoms with E-state index in [1.807, 2.05) is 30.3 Å². The van der Waals surface area contributed by atoms with Gasteiger partial charge >= 0.3 is 0 Å². The predicted octanol–water partition coefficient (Wildman–Crippen LogP) is 1.73. The highest BCUT2D eigenvalue weighted by molar-refractivity contribution is 5.79. The molecule has 1 aromatic carbocycles. The number of hydrogen-bond acceptors (Lipinski definition) is 4. The minimum atomic E-state index is 0.329. The lowest BCUT2D eigenvalue weighted by Gasteiger charge is -2.35. The summed E-state index contributed by atoms with van der Waals surface area (Å²) in [6.45, 7) is 9.64. The van der Waals surface area contributed by atoms with Crippen molar-refractivity contribution in [1.82, 2.24) is 15.5 Å². The van der Waals surface area contributed by atoms with Crippen molar-refractivity contribution >= 4 is 5.96 Å². The molecule has 0 spiro atoms. The molecule has 1 fully saturated rings. The van der Waals surface area contributed by atoms with Crippen LogP contribution < -0.4 is 15.4 Å². The van der Waals surface area contributed by atoms with Crippen LogP contribution >= 0.6 is 0 Å². The summed E-state index contributed by atoms with van der Waals surface area (Å²) in [7, 11) is 1.79. The van der Waals surface area contributed by atoms with E-state index in [2.05, 4.69) is 34.4 Å². The average Bonchev–Trinajstić information content (AvgIpc) is 2.60. The molecular weight excluding hydrogens is 316 g/mol. The van der Waals surface area contributed by atoms with Gasteiger partial charge in [-0.05, 0) is 32.4 Å². The molecule has 0 bridgehead atoms. The molecule has 2 N–H and O–H groups in total. The van der Waals surface area contributed by atoms with Gasteiger partial charge in [-0.25, -0.2) is 0 Å². The second-order valence-electron chi connectivity index (χ2n) is 6.46. The number of ether oxygens (including phenoxy) is 2. The van der Waals surface area contributed by atoms with Crippen LogP contribution in [0, 0.1) is 0 Å². The molecule has 140 valence electrons. The van der Waals surface area contributed by atoms with Crippen molar-refractivity contribution in [3.63, 3.8) is 0 Å². The maximum atomic E-state index is 5.77. The molecule has 1 aliphatic rings. The SMILES string of the molecule is CN=C(NCCCN1CC(C)OC(C)C1)NCCOc1ccccc1. The van der Waals surface area contributed by atoms with Crippen molar-refractivity contribution in [2.45, 2.75) is 32.5 Å². The number of benzene rings is 1. The molecule has 2 rings (SSSR count). The van der Waals surface area contributed by atoms with Gasteiger partial charge in [0.05, 0.1) is 18.8 Å². The average molecular weight is 348 g/mol. The van der Waals surface area contributed by atoms with E-state index >= 15 is 0 Å². The second kappa shape index (κ2) is 10.9. The summed E-state index contributed by atoms with van der Waals surface area (Å²) in [5, 5.41) is 6.63. The first kappa shape index (κ1) is 19.5. The van der Waals surface area contributed by atoms with Crippen LogP contribution in [0.3, 0.4) is 0 Å². The standard InChI is InChI=1S/C19H32N4O2/c1-16-14-23(15-17(2)25-16)12-7-10-21-19(20-3)22-11-13-24-18-8-5-4-6-9-18/h4-6,8-9,16-17H,7,10-15H2,1-3H3,(H2,20,21,22). The Hall–Kier alpha value is -1.79. The van der Waals surface area contributed by atoms with Crippen molar-refractivity contribution in [2.24, 2.45) is 4.99 Å². The lowest BCUT2D eigenvalue weighted by atomic mass is 10.2. The number of guanidine groups is 1. The summed E-state index contributed by atoms with van der Waals surface area (Å²) in [6.07, 6.45) is 1.74. The minimum Gasteiger partial charge on any atom is -0.492 e. The van der Waals surface area contributed by atoms with Crippen LogP contribution in [0.1, 0.15) is 20.3 Å². The summed E-state index contributed by atoms with van der Waals surface area (Å²) in [6, 6.07) is 9.84. The molecule has 1 saturated heterocycles. The minimum absolute atomic E-state index is 0.329. The summed E-state index contributed by atoms with van der Waals surface area (Å²) in [5.74, 6) is 1.71. The summed E-state index contributed by atoms with van der Waals surface area (Å²) in [4.78, 5) is 6.72. The first-order chi connectivity index (χ1) is 12.2. The zero-order valence-corrected chi connectivity index (χ0v) is 15.7. The third-order valence-electron chi connectivity index (χ3n) is 4.07. The molecule has 0 aliphatic carbocycles. The normalized spacial score (nSPS) is 21.8. The van der Waals surface area contributed by atoms with Crippen LogP contribution in [-0.2, 0) is 4.74 Å². The van der Waals surface area contributed by atoms with Crippen molar-refractivity contribution in [2.75, 3.05) is 46.4 Å². The Labute approximate surface area is 151 Å². The Morgan fingerprint density at radius 1 is 1.16 bits per heavy atom. The Bertz CT molecular complexity index is 499. The Kier molecular flexibility index (Phi) is 8.55. The maximum absolute atomic E-state index is 5.77. The Morgan fingerprint density at radius 3 is 2.52 bits per heavy atom. The van der Waals surface area contributed by atoms with Crippen molar-refractivity contribution in [1.29, 1.82) is 0 Å². The highest BCUT2D eigenvalue weighted by atomic mass is 16.5. The first-order valence-corrected chi connectivity index (χ1v) is 9.17. The molecule has 2 unspecified atom stereocenters. The van der Waals surface area contributed by atoms with Crippen molar-refractivity contribution in [3.05, 3.63) is 30.3 Å². The van der Waals surface area contributed by atoms with Gasteiger partial charge in [0, 0.05) is 33.2 Å². The highest BCUT2D eigenvalue weighted by Crippen LogP contribution is 2.10. The Morgan fingerprint density at radius 2 is 1.84 bits per heavy atom. The summed E-state index contributed by atoms with van der Waals surface area (Å²) < 4.78 is 11.4. The van der Waals surface area contributed by atoms with Gasteiger partial charge < -0.3 is 20.1 Å². The van der Waals surface area contributed by atoms with Crippen molar-refractivity contribution < 1.29 is 9.47 Å². The molecule has 2 atom stereocenters. The van der Waals surface area contributed by atoms with Gasteiger partial charge in [-0.15, -0.1) is 0 Å². The molecule has 6 heteroatoms. The van der Waals surface area contributed by atoms with E-state index in [1.165, 1.54) is 0 Å². The fraction of sp³-hybridized carbons (Fsp3) is 0.632. The second-order valence-corrected chi connectivity index (χ2v) is 6.46. The van der Waals surface area contributed by atoms with Gasteiger partial charge in [-0.1, -0.05) is 18.2 Å². The lowest BCUT2D eigenvalue weighted by molar-refractivity contribution is -0.0679. The fourth-order valence-electron chi connectivity index (χ4n) is 3.05. The molecular formula is C19H32N4O2. The van der Waals surface area contributed by atoms with E-state index in [1.54, 1.807) is 7.05 Å². The quantitative estimate of drug-likeness (QED) is 0.426. The van der Waals surface area contributed by atoms with Gasteiger partial charge in [0.25, 0.3) is 0 Å². The molecule has 6 nitrogen and oxygen atoms in total. The predicted molar refractivity (Wildman–Crippen MR) is 102 cm³/mol. The maximum Gasteiger partial charge on any atom is 0.191 e. The van der Waals surface area contributed by atoms with E-state index < -0.39 is 0 Å². The van der Waals surface area contributed by atoms with E-state index in [9.17, 15) is 0 Å². The Balaban J connectivity index is 1.54. The van der Waals surface area contributed by atoms with E-state index in [-0.39, 0.29) is 0 Å². The molecule has 1 heterocycles. The molecule has 0 radical (unpaired) electrons. The van der Waals surface area contributed by atoms with Crippen LogP contribution in [0.25, 0.3) is 0 Å². The number of nitrogens with zero attached hydrogens (tertiary/aromatic N) is 2. The number of hydrogen-bond donors (Lipinski definition) is 2. The van der Waals surface area contributed by atoms with Crippen LogP contribution in [0.15, 0.2) is 35.3 Å². The summed E-state index contributed by atoms with van der Waals surface area (Å²) in [5.41, 5.74) is 0. The van der Waals surface area contributed by atoms with E-state index in [4.69, 9.17) is 9.47 Å². The van der Waals surface area contributed by atoms with Crippen LogP contribution in [0.2, 0.25) is 0 Å². The highest BCUT2D eigenvalue weighted by Gasteiger charge is 2.21. The first-order valence-electron chi connectivity index (χ1n) is 9.17. The van der Waals surface area contributed by atoms with Gasteiger partial charge in [0.1, 0.15) is 12.4 Å². The van der Waals surface area contributed by atoms with Gasteiger partial charge in [0.2, 0.25) is 0 Å². The molecule has 1 aliphatic heterocycles. The lowest BCUT2D eigenvalue weighted by Crippen LogP contribution is -2.46. The molecule has 0 aromatic heterocycles. The van der Waals surface area contributed by atoms with Crippen LogP contribution in [-0.4, -0.2) is 69.4 Å². The molecule has 1 aromatic rings. The number of para-hydroxylation sites is 1. The largest absolute Gasteiger partial charge is 0.492 e. The zero-order valence-electron chi connectivity index (χ0n) is 15.7. The molecule has 25 heavy (non-hydrogen) atoms. The smallest absolute Gasteiger partial charge is 0.191 e. The zero-order chi connectivity index (χ0) is 17.9. The topological polar surface area (TPSA) is 58.1 Å². The van der Waals surface area contributed by atoms with Gasteiger partial charge in [-0.2, -0.15) is 0 Å². The third kappa shape index (κ3) is 7.75. The monoisotopic (exact) mass is 348 g/mol. The van der Waals surface area contributed by atoms with E-state index in [0.717, 1.165) is 44.3 Å². The number of morpholine rings is 1. The van der Waals surface area contributed by atoms with E-state index in [0.29, 0.717) is 25.4 Å². The fourth-order valence-corrected chi connectivity index (χ4v) is 3.05. The number of aliphatic imine (C=N–C) groups is 1. The third-order valence-corrected chi connectivity index (χ3v) is 4.07. The molecule has 0 amide bonds. The van der Waals surface area contributed by atoms with Crippen LogP contribution in [0.5, 0.6) is 5.75 Å². The van der Waals surface area contributed by atoms with Crippen molar-refractivity contribution in [3.8, 4) is 5.75 Å². The van der Waals surface area contributed by atoms with Crippen LogP contribution in [0.4, 0.5) is 0 Å². The molecule has 0 saturated carbocycles. The van der Waals surface area contributed by atoms with Gasteiger partial charge in [-0.3, -0.25) is 9.89 Å². The summed E-state index contributed by atoms with van der Waals surface area (Å²) >= 11 is 0. The van der Waals surface area contributed by atoms with Gasteiger partial charge in [0.15, 0.2) is 5.96 Å². The number of rotatable bonds is 8.